The van der Waals surface area contributed by atoms with Gasteiger partial charge in [0.2, 0.25) is 5.91 Å². The molecule has 1 saturated carbocycles. The molecule has 1 saturated heterocycles. The monoisotopic (exact) mass is 341 g/mol. The summed E-state index contributed by atoms with van der Waals surface area (Å²) in [7, 11) is 0. The van der Waals surface area contributed by atoms with Crippen molar-refractivity contribution in [3.05, 3.63) is 35.9 Å². The van der Waals surface area contributed by atoms with Gasteiger partial charge in [0.1, 0.15) is 4.33 Å². The number of carbonyl (C=O) groups excluding carboxylic acids is 1. The van der Waals surface area contributed by atoms with E-state index in [2.05, 4.69) is 0 Å². The number of halogens is 2. The fourth-order valence-electron chi connectivity index (χ4n) is 3.32. The second-order valence-corrected chi connectivity index (χ2v) is 8.18. The Morgan fingerprint density at radius 3 is 2.32 bits per heavy atom. The average molecular weight is 342 g/mol. The van der Waals surface area contributed by atoms with Crippen LogP contribution in [0.4, 0.5) is 0 Å². The molecule has 2 aliphatic rings. The molecule has 1 aromatic rings. The minimum Gasteiger partial charge on any atom is -0.388 e. The first-order chi connectivity index (χ1) is 10.3. The molecular formula is C17H21Cl2NO2. The zero-order chi connectivity index (χ0) is 16.0. The number of alkyl halides is 2. The van der Waals surface area contributed by atoms with Gasteiger partial charge in [-0.05, 0) is 37.7 Å². The molecule has 3 nitrogen and oxygen atoms in total. The number of aliphatic hydroxyl groups is 1. The Hall–Kier alpha value is -0.770. The van der Waals surface area contributed by atoms with Gasteiger partial charge in [0.15, 0.2) is 0 Å². The highest BCUT2D eigenvalue weighted by molar-refractivity contribution is 6.53. The maximum atomic E-state index is 12.5. The first kappa shape index (κ1) is 16.1. The Bertz CT molecular complexity index is 555. The van der Waals surface area contributed by atoms with E-state index >= 15 is 0 Å². The number of benzene rings is 1. The molecule has 1 heterocycles. The fourth-order valence-corrected chi connectivity index (χ4v) is 4.02. The molecule has 1 aromatic carbocycles. The molecule has 22 heavy (non-hydrogen) atoms. The van der Waals surface area contributed by atoms with Gasteiger partial charge < -0.3 is 10.0 Å². The molecule has 5 heteroatoms. The van der Waals surface area contributed by atoms with Gasteiger partial charge in [-0.25, -0.2) is 0 Å². The van der Waals surface area contributed by atoms with Crippen LogP contribution < -0.4 is 0 Å². The highest BCUT2D eigenvalue weighted by Crippen LogP contribution is 2.64. The number of hydrogen-bond acceptors (Lipinski definition) is 2. The lowest BCUT2D eigenvalue weighted by atomic mass is 9.87. The molecule has 0 radical (unpaired) electrons. The molecule has 1 N–H and O–H groups in total. The highest BCUT2D eigenvalue weighted by atomic mass is 35.5. The maximum absolute atomic E-state index is 12.5. The lowest BCUT2D eigenvalue weighted by Crippen LogP contribution is -2.44. The molecule has 2 fully saturated rings. The summed E-state index contributed by atoms with van der Waals surface area (Å²) < 4.78 is -0.912. The largest absolute Gasteiger partial charge is 0.388 e. The molecule has 1 aliphatic heterocycles. The van der Waals surface area contributed by atoms with Crippen LogP contribution in [0.15, 0.2) is 30.3 Å². The van der Waals surface area contributed by atoms with Crippen molar-refractivity contribution in [1.82, 2.24) is 4.90 Å². The van der Waals surface area contributed by atoms with Crippen molar-refractivity contribution in [2.75, 3.05) is 13.1 Å². The Morgan fingerprint density at radius 2 is 1.82 bits per heavy atom. The van der Waals surface area contributed by atoms with Gasteiger partial charge in [-0.2, -0.15) is 0 Å². The number of piperidine rings is 1. The summed E-state index contributed by atoms with van der Waals surface area (Å²) in [6.45, 7) is 3.15. The zero-order valence-electron chi connectivity index (χ0n) is 12.6. The van der Waals surface area contributed by atoms with Crippen LogP contribution in [-0.4, -0.2) is 33.3 Å². The summed E-state index contributed by atoms with van der Waals surface area (Å²) in [5, 5.41) is 10.5. The van der Waals surface area contributed by atoms with Crippen LogP contribution in [0.25, 0.3) is 0 Å². The summed E-state index contributed by atoms with van der Waals surface area (Å²) in [6, 6.07) is 9.71. The number of hydrogen-bond donors (Lipinski definition) is 1. The van der Waals surface area contributed by atoms with E-state index in [1.165, 1.54) is 0 Å². The first-order valence-corrected chi connectivity index (χ1v) is 8.51. The van der Waals surface area contributed by atoms with Crippen LogP contribution in [0.5, 0.6) is 0 Å². The fraction of sp³-hybridized carbons (Fsp3) is 0.588. The minimum absolute atomic E-state index is 0.0464. The van der Waals surface area contributed by atoms with Crippen LogP contribution in [0.2, 0.25) is 0 Å². The van der Waals surface area contributed by atoms with Gasteiger partial charge in [-0.15, -0.1) is 23.2 Å². The molecule has 0 bridgehead atoms. The third-order valence-electron chi connectivity index (χ3n) is 5.14. The molecule has 1 aliphatic carbocycles. The molecule has 3 rings (SSSR count). The molecule has 0 spiro atoms. The van der Waals surface area contributed by atoms with Crippen LogP contribution in [0.3, 0.4) is 0 Å². The van der Waals surface area contributed by atoms with Gasteiger partial charge in [0.05, 0.1) is 11.5 Å². The number of likely N-dealkylation sites (tertiary alicyclic amines) is 1. The topological polar surface area (TPSA) is 40.5 Å². The summed E-state index contributed by atoms with van der Waals surface area (Å²) >= 11 is 12.2. The Balaban J connectivity index is 1.58. The number of rotatable bonds is 3. The Kier molecular flexibility index (Phi) is 4.17. The normalized spacial score (nSPS) is 29.2. The molecular weight excluding hydrogens is 321 g/mol. The van der Waals surface area contributed by atoms with E-state index in [1.807, 2.05) is 42.2 Å². The van der Waals surface area contributed by atoms with E-state index in [1.54, 1.807) is 0 Å². The maximum Gasteiger partial charge on any atom is 0.231 e. The first-order valence-electron chi connectivity index (χ1n) is 7.75. The number of nitrogens with zero attached hydrogens (tertiary/aromatic N) is 1. The van der Waals surface area contributed by atoms with E-state index in [4.69, 9.17) is 23.2 Å². The van der Waals surface area contributed by atoms with Crippen LogP contribution in [-0.2, 0) is 4.79 Å². The van der Waals surface area contributed by atoms with Crippen molar-refractivity contribution in [3.8, 4) is 0 Å². The Morgan fingerprint density at radius 1 is 1.27 bits per heavy atom. The third kappa shape index (κ3) is 2.75. The Labute approximate surface area is 141 Å². The van der Waals surface area contributed by atoms with E-state index < -0.39 is 15.9 Å². The third-order valence-corrected chi connectivity index (χ3v) is 6.25. The average Bonchev–Trinajstić information content (AvgIpc) is 3.06. The molecule has 2 atom stereocenters. The van der Waals surface area contributed by atoms with Gasteiger partial charge in [-0.1, -0.05) is 30.3 Å². The highest BCUT2D eigenvalue weighted by Gasteiger charge is 2.68. The predicted octanol–water partition coefficient (Wildman–Crippen LogP) is 3.54. The summed E-state index contributed by atoms with van der Waals surface area (Å²) in [4.78, 5) is 14.4. The predicted molar refractivity (Wildman–Crippen MR) is 87.9 cm³/mol. The van der Waals surface area contributed by atoms with Crippen molar-refractivity contribution >= 4 is 29.1 Å². The quantitative estimate of drug-likeness (QED) is 0.854. The van der Waals surface area contributed by atoms with Crippen molar-refractivity contribution in [2.24, 2.45) is 11.3 Å². The van der Waals surface area contributed by atoms with Crippen molar-refractivity contribution < 1.29 is 9.90 Å². The van der Waals surface area contributed by atoms with Gasteiger partial charge in [-0.3, -0.25) is 4.79 Å². The number of carbonyl (C=O) groups is 1. The van der Waals surface area contributed by atoms with Gasteiger partial charge in [0, 0.05) is 13.1 Å². The lowest BCUT2D eigenvalue weighted by molar-refractivity contribution is -0.138. The summed E-state index contributed by atoms with van der Waals surface area (Å²) in [6.07, 6.45) is 1.66. The lowest BCUT2D eigenvalue weighted by Gasteiger charge is -2.36. The van der Waals surface area contributed by atoms with E-state index in [9.17, 15) is 9.90 Å². The van der Waals surface area contributed by atoms with Crippen LogP contribution >= 0.6 is 23.2 Å². The van der Waals surface area contributed by atoms with Crippen LogP contribution in [0.1, 0.15) is 37.9 Å². The van der Waals surface area contributed by atoms with E-state index in [-0.39, 0.29) is 11.8 Å². The minimum atomic E-state index is -0.912. The number of amides is 1. The van der Waals surface area contributed by atoms with E-state index in [0.717, 1.165) is 18.4 Å². The SMILES string of the molecule is CC1(C(=O)N2CCC(C(O)c3ccccc3)CC2)CC1(Cl)Cl. The standard InChI is InChI=1S/C17H21Cl2NO2/c1-16(11-17(16,18)19)15(22)20-9-7-13(8-10-20)14(21)12-5-3-2-4-6-12/h2-6,13-14,21H,7-11H2,1H3. The van der Waals surface area contributed by atoms with Crippen molar-refractivity contribution in [1.29, 1.82) is 0 Å². The smallest absolute Gasteiger partial charge is 0.231 e. The van der Waals surface area contributed by atoms with Gasteiger partial charge in [0.25, 0.3) is 0 Å². The molecule has 120 valence electrons. The second kappa shape index (κ2) is 5.70. The second-order valence-electron chi connectivity index (χ2n) is 6.70. The van der Waals surface area contributed by atoms with Gasteiger partial charge >= 0.3 is 0 Å². The van der Waals surface area contributed by atoms with Crippen LogP contribution in [0, 0.1) is 11.3 Å². The molecule has 0 aromatic heterocycles. The molecule has 2 unspecified atom stereocenters. The van der Waals surface area contributed by atoms with Crippen molar-refractivity contribution in [2.45, 2.75) is 36.6 Å². The number of aliphatic hydroxyl groups excluding tert-OH is 1. The zero-order valence-corrected chi connectivity index (χ0v) is 14.1. The summed E-state index contributed by atoms with van der Waals surface area (Å²) in [5.74, 6) is 0.236. The molecule has 1 amide bonds. The summed E-state index contributed by atoms with van der Waals surface area (Å²) in [5.41, 5.74) is 0.308. The van der Waals surface area contributed by atoms with Crippen molar-refractivity contribution in [3.63, 3.8) is 0 Å². The van der Waals surface area contributed by atoms with E-state index in [0.29, 0.717) is 19.5 Å².